The number of likely N-dealkylation sites (N-methyl/N-ethyl adjacent to an activating group) is 1. The van der Waals surface area contributed by atoms with Crippen LogP contribution in [0.25, 0.3) is 0 Å². The number of quaternary nitrogens is 1. The van der Waals surface area contributed by atoms with Gasteiger partial charge < -0.3 is 19.8 Å². The third-order valence-electron chi connectivity index (χ3n) is 14.9. The number of carbonyl (C=O) groups excluding carboxylic acids is 1. The molecule has 0 aromatic rings. The minimum absolute atomic E-state index is 0.0502. The van der Waals surface area contributed by atoms with Gasteiger partial charge in [0.25, 0.3) is 0 Å². The van der Waals surface area contributed by atoms with E-state index in [1.165, 1.54) is 231 Å². The van der Waals surface area contributed by atoms with Gasteiger partial charge in [0.2, 0.25) is 5.91 Å². The molecule has 0 aliphatic heterocycles. The van der Waals surface area contributed by atoms with Crippen LogP contribution in [-0.4, -0.2) is 73.4 Å². The molecule has 0 rings (SSSR count). The van der Waals surface area contributed by atoms with Gasteiger partial charge in [-0.15, -0.1) is 0 Å². The highest BCUT2D eigenvalue weighted by molar-refractivity contribution is 7.47. The highest BCUT2D eigenvalue weighted by atomic mass is 31.2. The number of allylic oxidation sites excluding steroid dienone is 11. The smallest absolute Gasteiger partial charge is 0.387 e. The molecule has 3 atom stereocenters. The van der Waals surface area contributed by atoms with Gasteiger partial charge in [-0.1, -0.05) is 292 Å². The van der Waals surface area contributed by atoms with Crippen molar-refractivity contribution in [2.24, 2.45) is 0 Å². The number of rotatable bonds is 61. The minimum Gasteiger partial charge on any atom is -0.387 e. The van der Waals surface area contributed by atoms with Crippen molar-refractivity contribution in [3.8, 4) is 0 Å². The summed E-state index contributed by atoms with van der Waals surface area (Å²) in [6.45, 7) is 4.80. The van der Waals surface area contributed by atoms with E-state index < -0.39 is 20.0 Å². The van der Waals surface area contributed by atoms with E-state index in [2.05, 4.69) is 79.9 Å². The van der Waals surface area contributed by atoms with Crippen molar-refractivity contribution in [2.75, 3.05) is 40.9 Å². The van der Waals surface area contributed by atoms with Crippen LogP contribution in [0.4, 0.5) is 0 Å². The van der Waals surface area contributed by atoms with Gasteiger partial charge in [0.15, 0.2) is 0 Å². The number of amides is 1. The molecule has 78 heavy (non-hydrogen) atoms. The van der Waals surface area contributed by atoms with Crippen molar-refractivity contribution in [3.05, 3.63) is 72.9 Å². The summed E-state index contributed by atoms with van der Waals surface area (Å²) in [5, 5.41) is 14.0. The highest BCUT2D eigenvalue weighted by Gasteiger charge is 2.28. The standard InChI is InChI=1S/C69H129N2O6P/c1-6-8-10-12-14-16-18-20-22-24-26-28-30-32-33-34-35-36-37-39-40-42-44-46-48-50-52-54-56-58-60-62-68(72)67(66-77-78(74,75)76-65-64-71(3,4)5)70-69(73)63-61-59-57-55-53-51-49-47-45-43-41-38-31-29-27-25-23-21-19-17-15-13-11-9-7-2/h19,21,25,27,31,38,44,46,52,54,60,62,67-68,72H,6-18,20,22-24,26,28-30,32-37,39-43,45,47-51,53,55-59,61,63-66H2,1-5H3,(H-,70,73,74,75)/p+1/b21-19-,27-25-,38-31-,46-44+,54-52+,62-60+. The first-order valence-corrected chi connectivity index (χ1v) is 34.8. The van der Waals surface area contributed by atoms with E-state index >= 15 is 0 Å². The molecule has 0 spiro atoms. The number of phosphoric acid groups is 1. The van der Waals surface area contributed by atoms with Crippen molar-refractivity contribution in [1.29, 1.82) is 0 Å². The monoisotopic (exact) mass is 1110 g/mol. The Morgan fingerprint density at radius 2 is 0.744 bits per heavy atom. The lowest BCUT2D eigenvalue weighted by molar-refractivity contribution is -0.870. The molecule has 0 aliphatic carbocycles. The number of hydrogen-bond donors (Lipinski definition) is 3. The number of aliphatic hydroxyl groups is 1. The zero-order valence-corrected chi connectivity index (χ0v) is 53.0. The molecule has 0 aliphatic rings. The molecule has 456 valence electrons. The first-order chi connectivity index (χ1) is 38.0. The lowest BCUT2D eigenvalue weighted by Gasteiger charge is -2.25. The zero-order chi connectivity index (χ0) is 57.0. The molecule has 3 N–H and O–H groups in total. The molecule has 0 saturated heterocycles. The molecular formula is C69H130N2O6P+. The topological polar surface area (TPSA) is 105 Å². The molecule has 0 bridgehead atoms. The van der Waals surface area contributed by atoms with Gasteiger partial charge in [-0.2, -0.15) is 0 Å². The summed E-state index contributed by atoms with van der Waals surface area (Å²) in [6, 6.07) is -0.877. The third-order valence-corrected chi connectivity index (χ3v) is 15.9. The van der Waals surface area contributed by atoms with Crippen molar-refractivity contribution in [1.82, 2.24) is 5.32 Å². The molecular weight excluding hydrogens is 984 g/mol. The van der Waals surface area contributed by atoms with Crippen molar-refractivity contribution >= 4 is 13.7 Å². The maximum absolute atomic E-state index is 13.0. The summed E-state index contributed by atoms with van der Waals surface area (Å²) in [6.07, 6.45) is 83.3. The van der Waals surface area contributed by atoms with Gasteiger partial charge in [0, 0.05) is 6.42 Å². The van der Waals surface area contributed by atoms with E-state index in [4.69, 9.17) is 9.05 Å². The quantitative estimate of drug-likeness (QED) is 0.0243. The average molecular weight is 1110 g/mol. The van der Waals surface area contributed by atoms with Crippen LogP contribution in [0.1, 0.15) is 309 Å². The first-order valence-electron chi connectivity index (χ1n) is 33.3. The van der Waals surface area contributed by atoms with Crippen LogP contribution in [0.3, 0.4) is 0 Å². The van der Waals surface area contributed by atoms with E-state index in [0.29, 0.717) is 17.4 Å². The van der Waals surface area contributed by atoms with Crippen molar-refractivity contribution in [3.63, 3.8) is 0 Å². The SMILES string of the molecule is CCCCCCC/C=C\C/C=C\C/C=C\CCCCCCCCCCCCC(=O)NC(COP(=O)(O)OCC[N+](C)(C)C)C(O)/C=C/CC/C=C/CC/C=C/CCCCCCCCCCCCCCCCCCCCCCC. The number of phosphoric ester groups is 1. The van der Waals surface area contributed by atoms with Crippen LogP contribution in [0, 0.1) is 0 Å². The maximum atomic E-state index is 13.0. The third kappa shape index (κ3) is 61.6. The summed E-state index contributed by atoms with van der Waals surface area (Å²) >= 11 is 0. The second kappa shape index (κ2) is 59.6. The number of aliphatic hydroxyl groups excluding tert-OH is 1. The molecule has 0 aromatic heterocycles. The minimum atomic E-state index is -4.37. The molecule has 0 fully saturated rings. The maximum Gasteiger partial charge on any atom is 0.472 e. The van der Waals surface area contributed by atoms with Crippen molar-refractivity contribution < 1.29 is 32.9 Å². The predicted molar refractivity (Wildman–Crippen MR) is 341 cm³/mol. The second-order valence-corrected chi connectivity index (χ2v) is 25.3. The number of carbonyl (C=O) groups is 1. The van der Waals surface area contributed by atoms with Crippen LogP contribution >= 0.6 is 7.82 Å². The molecule has 0 heterocycles. The molecule has 8 nitrogen and oxygen atoms in total. The molecule has 9 heteroatoms. The van der Waals surface area contributed by atoms with Crippen LogP contribution < -0.4 is 5.32 Å². The summed E-state index contributed by atoms with van der Waals surface area (Å²) in [4.78, 5) is 23.4. The number of nitrogens with one attached hydrogen (secondary N) is 1. The average Bonchev–Trinajstić information content (AvgIpc) is 3.41. The summed E-state index contributed by atoms with van der Waals surface area (Å²) in [5.74, 6) is -0.194. The lowest BCUT2D eigenvalue weighted by Crippen LogP contribution is -2.45. The summed E-state index contributed by atoms with van der Waals surface area (Å²) < 4.78 is 23.8. The van der Waals surface area contributed by atoms with Gasteiger partial charge in [0.1, 0.15) is 13.2 Å². The van der Waals surface area contributed by atoms with Gasteiger partial charge in [-0.25, -0.2) is 4.57 Å². The normalized spacial score (nSPS) is 14.2. The second-order valence-electron chi connectivity index (χ2n) is 23.8. The Morgan fingerprint density at radius 1 is 0.436 bits per heavy atom. The Morgan fingerprint density at radius 3 is 1.12 bits per heavy atom. The summed E-state index contributed by atoms with van der Waals surface area (Å²) in [7, 11) is 1.54. The molecule has 0 radical (unpaired) electrons. The number of unbranched alkanes of at least 4 members (excludes halogenated alkanes) is 38. The van der Waals surface area contributed by atoms with Crippen molar-refractivity contribution in [2.45, 2.75) is 321 Å². The van der Waals surface area contributed by atoms with Gasteiger partial charge in [0.05, 0.1) is 39.9 Å². The fourth-order valence-corrected chi connectivity index (χ4v) is 10.4. The predicted octanol–water partition coefficient (Wildman–Crippen LogP) is 21.0. The number of nitrogens with zero attached hydrogens (tertiary/aromatic N) is 1. The number of hydrogen-bond acceptors (Lipinski definition) is 5. The molecule has 0 aromatic carbocycles. The fourth-order valence-electron chi connectivity index (χ4n) is 9.67. The molecule has 1 amide bonds. The van der Waals surface area contributed by atoms with E-state index in [1.54, 1.807) is 6.08 Å². The van der Waals surface area contributed by atoms with Gasteiger partial charge >= 0.3 is 7.82 Å². The Kier molecular flexibility index (Phi) is 58.0. The Bertz CT molecular complexity index is 1500. The van der Waals surface area contributed by atoms with Crippen LogP contribution in [-0.2, 0) is 18.4 Å². The molecule has 3 unspecified atom stereocenters. The molecule has 0 saturated carbocycles. The van der Waals surface area contributed by atoms with E-state index in [0.717, 1.165) is 57.8 Å². The first kappa shape index (κ1) is 75.9. The largest absolute Gasteiger partial charge is 0.472 e. The van der Waals surface area contributed by atoms with E-state index in [9.17, 15) is 19.4 Å². The highest BCUT2D eigenvalue weighted by Crippen LogP contribution is 2.43. The lowest BCUT2D eigenvalue weighted by atomic mass is 10.0. The van der Waals surface area contributed by atoms with Crippen LogP contribution in [0.15, 0.2) is 72.9 Å². The Labute approximate surface area is 484 Å². The van der Waals surface area contributed by atoms with E-state index in [1.807, 2.05) is 27.2 Å². The Hall–Kier alpha value is -2.06. The zero-order valence-electron chi connectivity index (χ0n) is 52.2. The van der Waals surface area contributed by atoms with E-state index in [-0.39, 0.29) is 19.1 Å². The van der Waals surface area contributed by atoms with Gasteiger partial charge in [-0.3, -0.25) is 13.8 Å². The fraction of sp³-hybridized carbons (Fsp3) is 0.812. The van der Waals surface area contributed by atoms with Crippen LogP contribution in [0.5, 0.6) is 0 Å². The summed E-state index contributed by atoms with van der Waals surface area (Å²) in [5.41, 5.74) is 0. The van der Waals surface area contributed by atoms with Crippen LogP contribution in [0.2, 0.25) is 0 Å². The van der Waals surface area contributed by atoms with Gasteiger partial charge in [-0.05, 0) is 83.5 Å². The Balaban J connectivity index is 4.19.